The maximum Gasteiger partial charge on any atom is 0.245 e. The van der Waals surface area contributed by atoms with Gasteiger partial charge in [-0.05, 0) is 51.5 Å². The molecule has 138 valence electrons. The van der Waals surface area contributed by atoms with E-state index in [9.17, 15) is 9.59 Å². The van der Waals surface area contributed by atoms with Crippen LogP contribution in [0.5, 0.6) is 0 Å². The van der Waals surface area contributed by atoms with Crippen LogP contribution in [0.4, 0.5) is 0 Å². The summed E-state index contributed by atoms with van der Waals surface area (Å²) in [6, 6.07) is 1.95. The predicted octanol–water partition coefficient (Wildman–Crippen LogP) is 2.36. The third-order valence-electron chi connectivity index (χ3n) is 5.59. The Labute approximate surface area is 149 Å². The SMILES string of the molecule is CC(=O)NC(C(=O)N1CCCC(n2nc(C)cc2C)C1)C1CCCC1. The number of hydrogen-bond acceptors (Lipinski definition) is 3. The molecule has 25 heavy (non-hydrogen) atoms. The van der Waals surface area contributed by atoms with Gasteiger partial charge < -0.3 is 10.2 Å². The van der Waals surface area contributed by atoms with E-state index < -0.39 is 0 Å². The van der Waals surface area contributed by atoms with Crippen LogP contribution in [0.25, 0.3) is 0 Å². The number of amides is 2. The Morgan fingerprint density at radius 3 is 2.52 bits per heavy atom. The highest BCUT2D eigenvalue weighted by Crippen LogP contribution is 2.30. The summed E-state index contributed by atoms with van der Waals surface area (Å²) in [5.74, 6) is 0.260. The van der Waals surface area contributed by atoms with E-state index in [-0.39, 0.29) is 29.8 Å². The summed E-state index contributed by atoms with van der Waals surface area (Å²) in [4.78, 5) is 26.8. The lowest BCUT2D eigenvalue weighted by atomic mass is 9.95. The first-order valence-electron chi connectivity index (χ1n) is 9.54. The molecule has 2 heterocycles. The monoisotopic (exact) mass is 346 g/mol. The van der Waals surface area contributed by atoms with E-state index in [4.69, 9.17) is 0 Å². The fraction of sp³-hybridized carbons (Fsp3) is 0.737. The van der Waals surface area contributed by atoms with Crippen LogP contribution in [0.3, 0.4) is 0 Å². The van der Waals surface area contributed by atoms with Gasteiger partial charge in [0.2, 0.25) is 11.8 Å². The molecule has 1 aromatic heterocycles. The average molecular weight is 346 g/mol. The number of carbonyl (C=O) groups excluding carboxylic acids is 2. The summed E-state index contributed by atoms with van der Waals surface area (Å²) < 4.78 is 2.07. The third kappa shape index (κ3) is 4.05. The number of aryl methyl sites for hydroxylation is 2. The van der Waals surface area contributed by atoms with Gasteiger partial charge in [-0.1, -0.05) is 12.8 Å². The van der Waals surface area contributed by atoms with Crippen molar-refractivity contribution in [2.75, 3.05) is 13.1 Å². The second kappa shape index (κ2) is 7.58. The van der Waals surface area contributed by atoms with Gasteiger partial charge in [0.05, 0.1) is 11.7 Å². The van der Waals surface area contributed by atoms with Crippen molar-refractivity contribution in [1.29, 1.82) is 0 Å². The van der Waals surface area contributed by atoms with Crippen LogP contribution >= 0.6 is 0 Å². The fourth-order valence-corrected chi connectivity index (χ4v) is 4.46. The fourth-order valence-electron chi connectivity index (χ4n) is 4.46. The van der Waals surface area contributed by atoms with Gasteiger partial charge in [-0.25, -0.2) is 0 Å². The van der Waals surface area contributed by atoms with Crippen LogP contribution in [0.1, 0.15) is 62.9 Å². The molecule has 1 N–H and O–H groups in total. The van der Waals surface area contributed by atoms with Crippen molar-refractivity contribution >= 4 is 11.8 Å². The van der Waals surface area contributed by atoms with E-state index >= 15 is 0 Å². The first-order valence-corrected chi connectivity index (χ1v) is 9.54. The normalized spacial score (nSPS) is 22.8. The van der Waals surface area contributed by atoms with Gasteiger partial charge in [-0.15, -0.1) is 0 Å². The molecule has 2 amide bonds. The largest absolute Gasteiger partial charge is 0.344 e. The highest BCUT2D eigenvalue weighted by molar-refractivity contribution is 5.87. The van der Waals surface area contributed by atoms with Crippen molar-refractivity contribution in [3.63, 3.8) is 0 Å². The lowest BCUT2D eigenvalue weighted by Gasteiger charge is -2.37. The minimum absolute atomic E-state index is 0.0910. The first kappa shape index (κ1) is 18.0. The molecule has 1 aliphatic heterocycles. The molecule has 0 aromatic carbocycles. The zero-order valence-corrected chi connectivity index (χ0v) is 15.6. The van der Waals surface area contributed by atoms with Crippen molar-refractivity contribution in [3.05, 3.63) is 17.5 Å². The van der Waals surface area contributed by atoms with Gasteiger partial charge in [-0.3, -0.25) is 14.3 Å². The van der Waals surface area contributed by atoms with Crippen LogP contribution in [0.15, 0.2) is 6.07 Å². The van der Waals surface area contributed by atoms with Crippen molar-refractivity contribution in [2.24, 2.45) is 5.92 Å². The standard InChI is InChI=1S/C19H30N4O2/c1-13-11-14(2)23(21-13)17-9-6-10-22(12-17)19(25)18(20-15(3)24)16-7-4-5-8-16/h11,16-18H,4-10,12H2,1-3H3,(H,20,24). The molecule has 3 rings (SSSR count). The Bertz CT molecular complexity index is 633. The van der Waals surface area contributed by atoms with E-state index in [2.05, 4.69) is 28.1 Å². The average Bonchev–Trinajstić information content (AvgIpc) is 3.21. The molecule has 2 fully saturated rings. The molecule has 1 aromatic rings. The topological polar surface area (TPSA) is 67.2 Å². The van der Waals surface area contributed by atoms with Crippen LogP contribution in [-0.4, -0.2) is 45.6 Å². The van der Waals surface area contributed by atoms with Crippen LogP contribution in [0, 0.1) is 19.8 Å². The summed E-state index contributed by atoms with van der Waals surface area (Å²) in [6.07, 6.45) is 6.40. The number of carbonyl (C=O) groups is 2. The van der Waals surface area contributed by atoms with Crippen molar-refractivity contribution in [1.82, 2.24) is 20.0 Å². The molecule has 0 spiro atoms. The van der Waals surface area contributed by atoms with Gasteiger partial charge in [-0.2, -0.15) is 5.10 Å². The van der Waals surface area contributed by atoms with Crippen molar-refractivity contribution in [2.45, 2.75) is 71.4 Å². The van der Waals surface area contributed by atoms with Crippen LogP contribution < -0.4 is 5.32 Å². The first-order chi connectivity index (χ1) is 12.0. The van der Waals surface area contributed by atoms with Gasteiger partial charge in [0, 0.05) is 25.7 Å². The Hall–Kier alpha value is -1.85. The minimum Gasteiger partial charge on any atom is -0.344 e. The summed E-state index contributed by atoms with van der Waals surface area (Å²) in [5.41, 5.74) is 2.16. The Morgan fingerprint density at radius 2 is 1.92 bits per heavy atom. The summed E-state index contributed by atoms with van der Waals surface area (Å²) >= 11 is 0. The second-order valence-corrected chi connectivity index (χ2v) is 7.67. The van der Waals surface area contributed by atoms with E-state index in [1.54, 1.807) is 0 Å². The maximum atomic E-state index is 13.2. The molecular formula is C19H30N4O2. The third-order valence-corrected chi connectivity index (χ3v) is 5.59. The second-order valence-electron chi connectivity index (χ2n) is 7.67. The number of likely N-dealkylation sites (tertiary alicyclic amines) is 1. The molecule has 1 saturated carbocycles. The molecule has 6 nitrogen and oxygen atoms in total. The molecule has 2 aliphatic rings. The number of nitrogens with zero attached hydrogens (tertiary/aromatic N) is 3. The highest BCUT2D eigenvalue weighted by Gasteiger charge is 2.36. The molecule has 2 unspecified atom stereocenters. The molecular weight excluding hydrogens is 316 g/mol. The minimum atomic E-state index is -0.362. The molecule has 1 aliphatic carbocycles. The molecule has 0 bridgehead atoms. The van der Waals surface area contributed by atoms with Crippen LogP contribution in [0.2, 0.25) is 0 Å². The zero-order chi connectivity index (χ0) is 18.0. The number of hydrogen-bond donors (Lipinski definition) is 1. The van der Waals surface area contributed by atoms with E-state index in [1.807, 2.05) is 11.8 Å². The lowest BCUT2D eigenvalue weighted by Crippen LogP contribution is -2.53. The van der Waals surface area contributed by atoms with Crippen molar-refractivity contribution < 1.29 is 9.59 Å². The predicted molar refractivity (Wildman–Crippen MR) is 96.1 cm³/mol. The summed E-state index contributed by atoms with van der Waals surface area (Å²) in [7, 11) is 0. The van der Waals surface area contributed by atoms with Gasteiger partial charge in [0.15, 0.2) is 0 Å². The van der Waals surface area contributed by atoms with Gasteiger partial charge in [0.25, 0.3) is 0 Å². The number of piperidine rings is 1. The Kier molecular flexibility index (Phi) is 5.45. The maximum absolute atomic E-state index is 13.2. The summed E-state index contributed by atoms with van der Waals surface area (Å²) in [6.45, 7) is 7.03. The molecule has 0 radical (unpaired) electrons. The summed E-state index contributed by atoms with van der Waals surface area (Å²) in [5, 5.41) is 7.54. The lowest BCUT2D eigenvalue weighted by molar-refractivity contribution is -0.139. The molecule has 2 atom stereocenters. The number of rotatable bonds is 4. The van der Waals surface area contributed by atoms with Gasteiger partial charge in [0.1, 0.15) is 6.04 Å². The quantitative estimate of drug-likeness (QED) is 0.910. The highest BCUT2D eigenvalue weighted by atomic mass is 16.2. The van der Waals surface area contributed by atoms with E-state index in [0.29, 0.717) is 6.54 Å². The number of nitrogens with one attached hydrogen (secondary N) is 1. The molecule has 1 saturated heterocycles. The smallest absolute Gasteiger partial charge is 0.245 e. The Morgan fingerprint density at radius 1 is 1.20 bits per heavy atom. The zero-order valence-electron chi connectivity index (χ0n) is 15.6. The number of aromatic nitrogens is 2. The van der Waals surface area contributed by atoms with E-state index in [1.165, 1.54) is 6.92 Å². The Balaban J connectivity index is 1.73. The van der Waals surface area contributed by atoms with Crippen molar-refractivity contribution in [3.8, 4) is 0 Å². The van der Waals surface area contributed by atoms with E-state index in [0.717, 1.165) is 56.5 Å². The molecule has 6 heteroatoms. The van der Waals surface area contributed by atoms with Gasteiger partial charge >= 0.3 is 0 Å². The van der Waals surface area contributed by atoms with Crippen LogP contribution in [-0.2, 0) is 9.59 Å².